The number of hydrogen-bond donors (Lipinski definition) is 1. The van der Waals surface area contributed by atoms with Gasteiger partial charge in [-0.1, -0.05) is 15.9 Å². The van der Waals surface area contributed by atoms with E-state index in [1.807, 2.05) is 12.1 Å². The molecule has 2 nitrogen and oxygen atoms in total. The summed E-state index contributed by atoms with van der Waals surface area (Å²) in [6.45, 7) is 0. The maximum Gasteiger partial charge on any atom is 0.124 e. The molecule has 0 heterocycles. The molecule has 3 rings (SSSR count). The summed E-state index contributed by atoms with van der Waals surface area (Å²) in [6.07, 6.45) is 6.18. The topological polar surface area (TPSA) is 35.2 Å². The van der Waals surface area contributed by atoms with Gasteiger partial charge in [-0.15, -0.1) is 0 Å². The van der Waals surface area contributed by atoms with Gasteiger partial charge in [-0.05, 0) is 50.3 Å². The molecule has 0 saturated heterocycles. The Kier molecular flexibility index (Phi) is 2.48. The van der Waals surface area contributed by atoms with Crippen molar-refractivity contribution in [2.24, 2.45) is 5.73 Å². The van der Waals surface area contributed by atoms with Crippen LogP contribution in [0.25, 0.3) is 0 Å². The van der Waals surface area contributed by atoms with E-state index in [4.69, 9.17) is 10.5 Å². The maximum atomic E-state index is 6.39. The number of ether oxygens (including phenoxy) is 1. The van der Waals surface area contributed by atoms with E-state index in [2.05, 4.69) is 22.0 Å². The molecule has 2 saturated carbocycles. The van der Waals surface area contributed by atoms with Crippen molar-refractivity contribution in [1.29, 1.82) is 0 Å². The lowest BCUT2D eigenvalue weighted by Gasteiger charge is -2.39. The van der Waals surface area contributed by atoms with Crippen LogP contribution in [0.1, 0.15) is 37.7 Å². The summed E-state index contributed by atoms with van der Waals surface area (Å²) < 4.78 is 7.02. The third-order valence-corrected chi connectivity index (χ3v) is 4.04. The molecule has 0 aromatic heterocycles. The van der Waals surface area contributed by atoms with Gasteiger partial charge in [0.1, 0.15) is 5.75 Å². The maximum absolute atomic E-state index is 6.39. The van der Waals surface area contributed by atoms with Gasteiger partial charge in [-0.2, -0.15) is 0 Å². The fourth-order valence-corrected chi connectivity index (χ4v) is 2.55. The number of rotatable bonds is 3. The van der Waals surface area contributed by atoms with Crippen molar-refractivity contribution in [3.05, 3.63) is 28.2 Å². The van der Waals surface area contributed by atoms with E-state index < -0.39 is 0 Å². The lowest BCUT2D eigenvalue weighted by Crippen LogP contribution is -2.43. The second kappa shape index (κ2) is 3.74. The molecule has 16 heavy (non-hydrogen) atoms. The zero-order chi connectivity index (χ0) is 11.2. The smallest absolute Gasteiger partial charge is 0.124 e. The summed E-state index contributed by atoms with van der Waals surface area (Å²) in [6, 6.07) is 6.20. The Morgan fingerprint density at radius 2 is 2.06 bits per heavy atom. The van der Waals surface area contributed by atoms with Crippen molar-refractivity contribution in [3.63, 3.8) is 0 Å². The predicted molar refractivity (Wildman–Crippen MR) is 67.5 cm³/mol. The van der Waals surface area contributed by atoms with Gasteiger partial charge >= 0.3 is 0 Å². The van der Waals surface area contributed by atoms with Gasteiger partial charge in [-0.3, -0.25) is 0 Å². The minimum atomic E-state index is -0.145. The zero-order valence-corrected chi connectivity index (χ0v) is 10.8. The summed E-state index contributed by atoms with van der Waals surface area (Å²) in [5, 5.41) is 0. The van der Waals surface area contributed by atoms with Gasteiger partial charge in [0.05, 0.1) is 6.10 Å². The average Bonchev–Trinajstić information content (AvgIpc) is 3.01. The highest BCUT2D eigenvalue weighted by Gasteiger charge is 2.38. The fourth-order valence-electron chi connectivity index (χ4n) is 2.19. The third-order valence-electron chi connectivity index (χ3n) is 3.54. The van der Waals surface area contributed by atoms with Crippen LogP contribution in [0.3, 0.4) is 0 Å². The highest BCUT2D eigenvalue weighted by atomic mass is 79.9. The van der Waals surface area contributed by atoms with Gasteiger partial charge in [-0.25, -0.2) is 0 Å². The van der Waals surface area contributed by atoms with Crippen LogP contribution in [-0.4, -0.2) is 6.10 Å². The molecule has 0 radical (unpaired) electrons. The number of halogens is 1. The highest BCUT2D eigenvalue weighted by Crippen LogP contribution is 2.44. The van der Waals surface area contributed by atoms with Crippen LogP contribution < -0.4 is 10.5 Å². The molecule has 2 aliphatic carbocycles. The van der Waals surface area contributed by atoms with E-state index in [1.54, 1.807) is 0 Å². The first-order valence-corrected chi connectivity index (χ1v) is 6.72. The quantitative estimate of drug-likeness (QED) is 0.923. The van der Waals surface area contributed by atoms with Crippen molar-refractivity contribution < 1.29 is 4.74 Å². The minimum Gasteiger partial charge on any atom is -0.490 e. The molecular weight excluding hydrogens is 266 g/mol. The molecule has 1 aromatic rings. The first kappa shape index (κ1) is 10.6. The summed E-state index contributed by atoms with van der Waals surface area (Å²) in [7, 11) is 0. The number of benzene rings is 1. The monoisotopic (exact) mass is 281 g/mol. The lowest BCUT2D eigenvalue weighted by molar-refractivity contribution is 0.231. The van der Waals surface area contributed by atoms with E-state index in [0.29, 0.717) is 6.10 Å². The lowest BCUT2D eigenvalue weighted by atomic mass is 9.72. The molecular formula is C13H16BrNO. The largest absolute Gasteiger partial charge is 0.490 e. The Morgan fingerprint density at radius 3 is 2.62 bits per heavy atom. The van der Waals surface area contributed by atoms with E-state index in [1.165, 1.54) is 24.8 Å². The number of hydrogen-bond acceptors (Lipinski definition) is 2. The molecule has 0 aliphatic heterocycles. The van der Waals surface area contributed by atoms with Crippen LogP contribution in [0.15, 0.2) is 22.7 Å². The van der Waals surface area contributed by atoms with Crippen molar-refractivity contribution in [3.8, 4) is 5.75 Å². The third kappa shape index (κ3) is 1.87. The second-order valence-electron chi connectivity index (χ2n) is 4.97. The van der Waals surface area contributed by atoms with E-state index >= 15 is 0 Å². The number of nitrogens with two attached hydrogens (primary N) is 1. The Hall–Kier alpha value is -0.540. The van der Waals surface area contributed by atoms with Crippen LogP contribution in [0.5, 0.6) is 5.75 Å². The van der Waals surface area contributed by atoms with Crippen molar-refractivity contribution >= 4 is 15.9 Å². The Bertz CT molecular complexity index is 410. The van der Waals surface area contributed by atoms with Crippen molar-refractivity contribution in [2.45, 2.75) is 43.7 Å². The van der Waals surface area contributed by atoms with Crippen LogP contribution in [0.2, 0.25) is 0 Å². The SMILES string of the molecule is NC1(c2cc(Br)ccc2OC2CC2)CCC1. The zero-order valence-electron chi connectivity index (χ0n) is 9.21. The second-order valence-corrected chi connectivity index (χ2v) is 5.88. The predicted octanol–water partition coefficient (Wildman–Crippen LogP) is 3.33. The summed E-state index contributed by atoms with van der Waals surface area (Å²) in [4.78, 5) is 0. The van der Waals surface area contributed by atoms with Crippen molar-refractivity contribution in [2.75, 3.05) is 0 Å². The van der Waals surface area contributed by atoms with E-state index in [-0.39, 0.29) is 5.54 Å². The first-order valence-electron chi connectivity index (χ1n) is 5.93. The molecule has 2 aliphatic rings. The highest BCUT2D eigenvalue weighted by molar-refractivity contribution is 9.10. The van der Waals surface area contributed by atoms with Crippen molar-refractivity contribution in [1.82, 2.24) is 0 Å². The summed E-state index contributed by atoms with van der Waals surface area (Å²) in [5.74, 6) is 0.993. The van der Waals surface area contributed by atoms with Gasteiger partial charge < -0.3 is 10.5 Å². The van der Waals surface area contributed by atoms with E-state index in [0.717, 1.165) is 23.1 Å². The first-order chi connectivity index (χ1) is 7.67. The van der Waals surface area contributed by atoms with Gasteiger partial charge in [0.2, 0.25) is 0 Å². The molecule has 0 unspecified atom stereocenters. The average molecular weight is 282 g/mol. The molecule has 0 amide bonds. The van der Waals surface area contributed by atoms with Gasteiger partial charge in [0, 0.05) is 15.6 Å². The summed E-state index contributed by atoms with van der Waals surface area (Å²) >= 11 is 3.51. The van der Waals surface area contributed by atoms with Crippen LogP contribution >= 0.6 is 15.9 Å². The van der Waals surface area contributed by atoms with Crippen LogP contribution in [0.4, 0.5) is 0 Å². The minimum absolute atomic E-state index is 0.145. The molecule has 0 spiro atoms. The van der Waals surface area contributed by atoms with Crippen LogP contribution in [-0.2, 0) is 5.54 Å². The molecule has 0 atom stereocenters. The fraction of sp³-hybridized carbons (Fsp3) is 0.538. The Labute approximate surface area is 104 Å². The summed E-state index contributed by atoms with van der Waals surface area (Å²) in [5.41, 5.74) is 7.42. The normalized spacial score (nSPS) is 22.6. The molecule has 2 N–H and O–H groups in total. The molecule has 3 heteroatoms. The van der Waals surface area contributed by atoms with Gasteiger partial charge in [0.15, 0.2) is 0 Å². The van der Waals surface area contributed by atoms with Crippen LogP contribution in [0, 0.1) is 0 Å². The Balaban J connectivity index is 1.95. The standard InChI is InChI=1S/C13H16BrNO/c14-9-2-5-12(16-10-3-4-10)11(8-9)13(15)6-1-7-13/h2,5,8,10H,1,3-4,6-7,15H2. The van der Waals surface area contributed by atoms with Gasteiger partial charge in [0.25, 0.3) is 0 Å². The molecule has 2 fully saturated rings. The van der Waals surface area contributed by atoms with E-state index in [9.17, 15) is 0 Å². The molecule has 86 valence electrons. The molecule has 0 bridgehead atoms. The molecule has 1 aromatic carbocycles. The Morgan fingerprint density at radius 1 is 1.31 bits per heavy atom.